The molecule has 9 heteroatoms. The van der Waals surface area contributed by atoms with Crippen LogP contribution in [0.1, 0.15) is 35.4 Å². The topological polar surface area (TPSA) is 124 Å². The Labute approximate surface area is 186 Å². The SMILES string of the molecule is Cc1cc(C2C=c3[nH]c(N)nc3=NC2)cc2c1OCCN(C(=O)N1CCC(C#N)CC1)C2. The first-order valence-electron chi connectivity index (χ1n) is 11.1. The van der Waals surface area contributed by atoms with E-state index in [4.69, 9.17) is 15.7 Å². The molecular formula is C23H27N7O2. The number of nitriles is 1. The van der Waals surface area contributed by atoms with Crippen molar-refractivity contribution < 1.29 is 9.53 Å². The number of nitrogens with zero attached hydrogens (tertiary/aromatic N) is 5. The normalized spacial score (nSPS) is 20.7. The molecule has 0 bridgehead atoms. The number of amides is 2. The number of carbonyl (C=O) groups excluding carboxylic acids is 1. The van der Waals surface area contributed by atoms with Crippen LogP contribution in [0.3, 0.4) is 0 Å². The Morgan fingerprint density at radius 3 is 2.88 bits per heavy atom. The van der Waals surface area contributed by atoms with Gasteiger partial charge in [-0.05, 0) is 43.0 Å². The molecule has 3 aliphatic rings. The zero-order chi connectivity index (χ0) is 22.2. The van der Waals surface area contributed by atoms with Gasteiger partial charge < -0.3 is 25.3 Å². The first-order chi connectivity index (χ1) is 15.5. The number of piperidine rings is 1. The van der Waals surface area contributed by atoms with Gasteiger partial charge in [0.15, 0.2) is 11.4 Å². The summed E-state index contributed by atoms with van der Waals surface area (Å²) in [7, 11) is 0. The summed E-state index contributed by atoms with van der Waals surface area (Å²) in [6.45, 7) is 5.44. The molecule has 4 heterocycles. The maximum atomic E-state index is 13.2. The fourth-order valence-corrected chi connectivity index (χ4v) is 4.79. The number of carbonyl (C=O) groups is 1. The number of urea groups is 1. The minimum atomic E-state index is 0.0256. The van der Waals surface area contributed by atoms with E-state index < -0.39 is 0 Å². The van der Waals surface area contributed by atoms with Gasteiger partial charge in [-0.15, -0.1) is 0 Å². The zero-order valence-corrected chi connectivity index (χ0v) is 18.2. The predicted octanol–water partition coefficient (Wildman–Crippen LogP) is 1.05. The third kappa shape index (κ3) is 3.77. The molecule has 9 nitrogen and oxygen atoms in total. The van der Waals surface area contributed by atoms with Gasteiger partial charge in [-0.3, -0.25) is 4.99 Å². The van der Waals surface area contributed by atoms with Crippen LogP contribution in [0.25, 0.3) is 6.08 Å². The summed E-state index contributed by atoms with van der Waals surface area (Å²) in [5.74, 6) is 1.39. The van der Waals surface area contributed by atoms with E-state index in [9.17, 15) is 4.79 Å². The van der Waals surface area contributed by atoms with Crippen molar-refractivity contribution in [2.45, 2.75) is 32.2 Å². The van der Waals surface area contributed by atoms with Gasteiger partial charge in [0.2, 0.25) is 0 Å². The number of anilines is 1. The van der Waals surface area contributed by atoms with Gasteiger partial charge >= 0.3 is 6.03 Å². The van der Waals surface area contributed by atoms with Crippen molar-refractivity contribution in [3.05, 3.63) is 39.7 Å². The Hall–Kier alpha value is -3.54. The number of rotatable bonds is 1. The highest BCUT2D eigenvalue weighted by Crippen LogP contribution is 2.33. The molecule has 1 atom stereocenters. The fourth-order valence-electron chi connectivity index (χ4n) is 4.79. The fraction of sp³-hybridized carbons (Fsp3) is 0.478. The molecule has 1 aromatic carbocycles. The van der Waals surface area contributed by atoms with Crippen molar-refractivity contribution in [1.82, 2.24) is 19.8 Å². The number of benzene rings is 1. The average Bonchev–Trinajstić information content (AvgIpc) is 3.03. The number of nitrogens with two attached hydrogens (primary N) is 1. The lowest BCUT2D eigenvalue weighted by Gasteiger charge is -2.33. The van der Waals surface area contributed by atoms with Crippen LogP contribution in [0.2, 0.25) is 0 Å². The summed E-state index contributed by atoms with van der Waals surface area (Å²) in [5.41, 5.74) is 9.64. The molecule has 1 unspecified atom stereocenters. The number of likely N-dealkylation sites (tertiary alicyclic amines) is 1. The smallest absolute Gasteiger partial charge is 0.320 e. The van der Waals surface area contributed by atoms with E-state index in [1.54, 1.807) is 0 Å². The predicted molar refractivity (Wildman–Crippen MR) is 118 cm³/mol. The number of fused-ring (bicyclic) bond motifs is 2. The van der Waals surface area contributed by atoms with Gasteiger partial charge in [-0.25, -0.2) is 4.79 Å². The summed E-state index contributed by atoms with van der Waals surface area (Å²) in [5, 5.41) is 9.97. The van der Waals surface area contributed by atoms with Gasteiger partial charge in [0.25, 0.3) is 0 Å². The van der Waals surface area contributed by atoms with E-state index in [0.717, 1.165) is 40.6 Å². The molecule has 1 fully saturated rings. The molecule has 2 aromatic rings. The Kier molecular flexibility index (Phi) is 5.21. The number of aryl methyl sites for hydroxylation is 1. The standard InChI is InChI=1S/C23H27N7O2/c1-14-8-16(17-10-19-21(26-12-17)28-22(25)27-19)9-18-13-30(6-7-32-20(14)18)23(31)29-4-2-15(11-24)3-5-29/h8-10,15,17H,2-7,12-13H2,1H3,(H3,25,26,27,28). The third-order valence-corrected chi connectivity index (χ3v) is 6.53. The van der Waals surface area contributed by atoms with E-state index in [1.807, 2.05) is 16.7 Å². The zero-order valence-electron chi connectivity index (χ0n) is 18.2. The lowest BCUT2D eigenvalue weighted by atomic mass is 9.93. The molecule has 166 valence electrons. The number of imidazole rings is 1. The van der Waals surface area contributed by atoms with Crippen LogP contribution in [0, 0.1) is 24.2 Å². The van der Waals surface area contributed by atoms with Crippen LogP contribution in [0.4, 0.5) is 10.7 Å². The number of aromatic amines is 1. The van der Waals surface area contributed by atoms with E-state index in [0.29, 0.717) is 50.8 Å². The molecule has 2 amide bonds. The van der Waals surface area contributed by atoms with Gasteiger partial charge in [0.05, 0.1) is 31.1 Å². The van der Waals surface area contributed by atoms with Crippen LogP contribution >= 0.6 is 0 Å². The van der Waals surface area contributed by atoms with Crippen LogP contribution in [-0.2, 0) is 6.54 Å². The molecule has 1 saturated heterocycles. The summed E-state index contributed by atoms with van der Waals surface area (Å²) in [6, 6.07) is 6.63. The molecule has 0 radical (unpaired) electrons. The van der Waals surface area contributed by atoms with E-state index >= 15 is 0 Å². The number of nitrogens with one attached hydrogen (secondary N) is 1. The average molecular weight is 434 g/mol. The highest BCUT2D eigenvalue weighted by Gasteiger charge is 2.29. The molecule has 3 N–H and O–H groups in total. The molecule has 1 aromatic heterocycles. The van der Waals surface area contributed by atoms with Gasteiger partial charge in [-0.2, -0.15) is 10.2 Å². The van der Waals surface area contributed by atoms with Crippen molar-refractivity contribution in [1.29, 1.82) is 5.26 Å². The number of hydrogen-bond acceptors (Lipinski definition) is 6. The van der Waals surface area contributed by atoms with Crippen molar-refractivity contribution in [3.8, 4) is 11.8 Å². The first-order valence-corrected chi connectivity index (χ1v) is 11.1. The highest BCUT2D eigenvalue weighted by molar-refractivity contribution is 5.75. The second kappa shape index (κ2) is 8.19. The first kappa shape index (κ1) is 20.4. The maximum absolute atomic E-state index is 13.2. The number of H-pyrrole nitrogens is 1. The van der Waals surface area contributed by atoms with Gasteiger partial charge in [-0.1, -0.05) is 6.07 Å². The Morgan fingerprint density at radius 2 is 2.09 bits per heavy atom. The van der Waals surface area contributed by atoms with Crippen molar-refractivity contribution in [2.24, 2.45) is 10.9 Å². The molecule has 0 spiro atoms. The van der Waals surface area contributed by atoms with Crippen LogP contribution in [0.15, 0.2) is 17.1 Å². The second-order valence-corrected chi connectivity index (χ2v) is 8.74. The van der Waals surface area contributed by atoms with Crippen LogP contribution in [-0.4, -0.2) is 58.6 Å². The largest absolute Gasteiger partial charge is 0.491 e. The molecule has 3 aliphatic heterocycles. The third-order valence-electron chi connectivity index (χ3n) is 6.53. The van der Waals surface area contributed by atoms with E-state index in [2.05, 4.69) is 39.2 Å². The minimum absolute atomic E-state index is 0.0256. The summed E-state index contributed by atoms with van der Waals surface area (Å²) in [4.78, 5) is 28.8. The Balaban J connectivity index is 1.39. The van der Waals surface area contributed by atoms with E-state index in [1.165, 1.54) is 0 Å². The van der Waals surface area contributed by atoms with E-state index in [-0.39, 0.29) is 17.9 Å². The minimum Gasteiger partial charge on any atom is -0.491 e. The Bertz CT molecular complexity index is 1200. The lowest BCUT2D eigenvalue weighted by molar-refractivity contribution is 0.132. The van der Waals surface area contributed by atoms with Crippen LogP contribution < -0.4 is 21.3 Å². The van der Waals surface area contributed by atoms with Crippen molar-refractivity contribution >= 4 is 18.1 Å². The van der Waals surface area contributed by atoms with Gasteiger partial charge in [0.1, 0.15) is 12.4 Å². The molecule has 0 saturated carbocycles. The number of aromatic nitrogens is 2. The van der Waals surface area contributed by atoms with Crippen LogP contribution in [0.5, 0.6) is 5.75 Å². The number of ether oxygens (including phenoxy) is 1. The van der Waals surface area contributed by atoms with Crippen molar-refractivity contribution in [2.75, 3.05) is 38.5 Å². The molecular weight excluding hydrogens is 406 g/mol. The molecule has 0 aliphatic carbocycles. The maximum Gasteiger partial charge on any atom is 0.320 e. The summed E-state index contributed by atoms with van der Waals surface area (Å²) < 4.78 is 6.06. The molecule has 32 heavy (non-hydrogen) atoms. The highest BCUT2D eigenvalue weighted by atomic mass is 16.5. The van der Waals surface area contributed by atoms with Crippen molar-refractivity contribution in [3.63, 3.8) is 0 Å². The monoisotopic (exact) mass is 433 g/mol. The quantitative estimate of drug-likeness (QED) is 0.696. The second-order valence-electron chi connectivity index (χ2n) is 8.74. The Morgan fingerprint density at radius 1 is 1.28 bits per heavy atom. The molecule has 5 rings (SSSR count). The number of nitrogen functional groups attached to an aromatic ring is 1. The lowest BCUT2D eigenvalue weighted by Crippen LogP contribution is -2.47. The number of hydrogen-bond donors (Lipinski definition) is 2. The summed E-state index contributed by atoms with van der Waals surface area (Å²) in [6.07, 6.45) is 3.60. The van der Waals surface area contributed by atoms with Gasteiger partial charge in [0, 0.05) is 30.5 Å². The summed E-state index contributed by atoms with van der Waals surface area (Å²) >= 11 is 0.